The number of ether oxygens (including phenoxy) is 1. The van der Waals surface area contributed by atoms with E-state index in [1.165, 1.54) is 32.8 Å². The lowest BCUT2D eigenvalue weighted by Gasteiger charge is -2.16. The van der Waals surface area contributed by atoms with Crippen LogP contribution in [0.4, 0.5) is 0 Å². The van der Waals surface area contributed by atoms with E-state index in [0.717, 1.165) is 12.5 Å². The van der Waals surface area contributed by atoms with E-state index in [1.807, 2.05) is 0 Å². The Balaban J connectivity index is 3.64. The van der Waals surface area contributed by atoms with Crippen LogP contribution in [-0.4, -0.2) is 31.0 Å². The van der Waals surface area contributed by atoms with Gasteiger partial charge in [0.1, 0.15) is 4.83 Å². The van der Waals surface area contributed by atoms with Crippen molar-refractivity contribution in [2.45, 2.75) is 44.4 Å². The molecule has 0 spiro atoms. The quantitative estimate of drug-likeness (QED) is 0.525. The summed E-state index contributed by atoms with van der Waals surface area (Å²) in [5, 5.41) is 3.31. The van der Waals surface area contributed by atoms with Crippen molar-refractivity contribution >= 4 is 21.9 Å². The highest BCUT2D eigenvalue weighted by atomic mass is 79.9. The molecule has 2 atom stereocenters. The first kappa shape index (κ1) is 15.9. The summed E-state index contributed by atoms with van der Waals surface area (Å²) in [6, 6.07) is 0. The fraction of sp³-hybridized carbons (Fsp3) is 0.917. The number of alkyl halides is 1. The lowest BCUT2D eigenvalue weighted by atomic mass is 9.99. The molecule has 0 fully saturated rings. The van der Waals surface area contributed by atoms with Crippen molar-refractivity contribution in [3.63, 3.8) is 0 Å². The van der Waals surface area contributed by atoms with Gasteiger partial charge in [-0.1, -0.05) is 49.0 Å². The second-order valence-corrected chi connectivity index (χ2v) is 5.17. The fourth-order valence-corrected chi connectivity index (χ4v) is 1.98. The summed E-state index contributed by atoms with van der Waals surface area (Å²) in [7, 11) is 1.41. The molecule has 0 aliphatic carbocycles. The van der Waals surface area contributed by atoms with Gasteiger partial charge in [-0.3, -0.25) is 4.79 Å². The van der Waals surface area contributed by atoms with E-state index < -0.39 is 0 Å². The molecule has 3 nitrogen and oxygen atoms in total. The van der Waals surface area contributed by atoms with Gasteiger partial charge in [0.15, 0.2) is 0 Å². The van der Waals surface area contributed by atoms with Crippen LogP contribution in [0.25, 0.3) is 0 Å². The van der Waals surface area contributed by atoms with Crippen molar-refractivity contribution in [3.8, 4) is 0 Å². The molecule has 4 heteroatoms. The Morgan fingerprint density at radius 3 is 2.56 bits per heavy atom. The average molecular weight is 294 g/mol. The smallest absolute Gasteiger partial charge is 0.320 e. The molecule has 0 heterocycles. The van der Waals surface area contributed by atoms with Crippen molar-refractivity contribution < 1.29 is 9.53 Å². The van der Waals surface area contributed by atoms with E-state index in [4.69, 9.17) is 0 Å². The predicted molar refractivity (Wildman–Crippen MR) is 70.9 cm³/mol. The van der Waals surface area contributed by atoms with Crippen molar-refractivity contribution in [3.05, 3.63) is 0 Å². The van der Waals surface area contributed by atoms with Crippen LogP contribution < -0.4 is 5.32 Å². The van der Waals surface area contributed by atoms with Gasteiger partial charge in [-0.25, -0.2) is 0 Å². The van der Waals surface area contributed by atoms with E-state index in [2.05, 4.69) is 39.8 Å². The topological polar surface area (TPSA) is 38.3 Å². The molecule has 2 unspecified atom stereocenters. The predicted octanol–water partition coefficient (Wildman–Crippen LogP) is 2.73. The molecular weight excluding hydrogens is 270 g/mol. The van der Waals surface area contributed by atoms with Crippen LogP contribution in [0.1, 0.15) is 39.5 Å². The summed E-state index contributed by atoms with van der Waals surface area (Å²) in [6.45, 7) is 6.05. The number of hydrogen-bond donors (Lipinski definition) is 1. The molecule has 0 saturated heterocycles. The highest BCUT2D eigenvalue weighted by Crippen LogP contribution is 2.11. The molecule has 0 bridgehead atoms. The van der Waals surface area contributed by atoms with Crippen LogP contribution in [0.2, 0.25) is 0 Å². The van der Waals surface area contributed by atoms with Crippen LogP contribution in [-0.2, 0) is 9.53 Å². The van der Waals surface area contributed by atoms with Gasteiger partial charge in [-0.15, -0.1) is 0 Å². The van der Waals surface area contributed by atoms with Gasteiger partial charge in [0.25, 0.3) is 0 Å². The SMILES string of the molecule is CCCCC(CC)CNCC(Br)C(=O)OC. The molecule has 0 aliphatic heterocycles. The van der Waals surface area contributed by atoms with E-state index in [1.54, 1.807) is 0 Å². The number of carbonyl (C=O) groups is 1. The molecule has 0 rings (SSSR count). The first-order valence-electron chi connectivity index (χ1n) is 6.08. The van der Waals surface area contributed by atoms with E-state index in [9.17, 15) is 4.79 Å². The largest absolute Gasteiger partial charge is 0.468 e. The standard InChI is InChI=1S/C12H24BrNO2/c1-4-6-7-10(5-2)8-14-9-11(13)12(15)16-3/h10-11,14H,4-9H2,1-3H3. The minimum atomic E-state index is -0.235. The molecule has 0 aromatic rings. The van der Waals surface area contributed by atoms with Crippen molar-refractivity contribution in [1.82, 2.24) is 5.32 Å². The highest BCUT2D eigenvalue weighted by molar-refractivity contribution is 9.10. The van der Waals surface area contributed by atoms with Crippen LogP contribution in [0.15, 0.2) is 0 Å². The Bertz CT molecular complexity index is 188. The minimum absolute atomic E-state index is 0.214. The molecular formula is C12H24BrNO2. The van der Waals surface area contributed by atoms with E-state index >= 15 is 0 Å². The van der Waals surface area contributed by atoms with Gasteiger partial charge < -0.3 is 10.1 Å². The monoisotopic (exact) mass is 293 g/mol. The minimum Gasteiger partial charge on any atom is -0.468 e. The van der Waals surface area contributed by atoms with E-state index in [-0.39, 0.29) is 10.8 Å². The van der Waals surface area contributed by atoms with Crippen molar-refractivity contribution in [2.24, 2.45) is 5.92 Å². The molecule has 16 heavy (non-hydrogen) atoms. The molecule has 96 valence electrons. The Labute approximate surface area is 107 Å². The molecule has 0 aromatic heterocycles. The van der Waals surface area contributed by atoms with Gasteiger partial charge in [0, 0.05) is 6.54 Å². The van der Waals surface area contributed by atoms with Crippen LogP contribution >= 0.6 is 15.9 Å². The molecule has 0 saturated carbocycles. The second-order valence-electron chi connectivity index (χ2n) is 4.07. The van der Waals surface area contributed by atoms with Crippen molar-refractivity contribution in [1.29, 1.82) is 0 Å². The number of halogens is 1. The first-order chi connectivity index (χ1) is 7.65. The molecule has 0 aromatic carbocycles. The maximum atomic E-state index is 11.1. The van der Waals surface area contributed by atoms with Crippen molar-refractivity contribution in [2.75, 3.05) is 20.2 Å². The van der Waals surface area contributed by atoms with E-state index in [0.29, 0.717) is 6.54 Å². The van der Waals surface area contributed by atoms with Gasteiger partial charge in [0.2, 0.25) is 0 Å². The van der Waals surface area contributed by atoms with Gasteiger partial charge in [-0.2, -0.15) is 0 Å². The maximum absolute atomic E-state index is 11.1. The second kappa shape index (κ2) is 10.1. The zero-order valence-electron chi connectivity index (χ0n) is 10.6. The Morgan fingerprint density at radius 2 is 2.06 bits per heavy atom. The van der Waals surface area contributed by atoms with Gasteiger partial charge in [0.05, 0.1) is 7.11 Å². The van der Waals surface area contributed by atoms with Gasteiger partial charge in [-0.05, 0) is 18.9 Å². The summed E-state index contributed by atoms with van der Waals surface area (Å²) in [4.78, 5) is 10.9. The maximum Gasteiger partial charge on any atom is 0.320 e. The number of nitrogens with one attached hydrogen (secondary N) is 1. The molecule has 0 aliphatic rings. The van der Waals surface area contributed by atoms with Crippen LogP contribution in [0.5, 0.6) is 0 Å². The Morgan fingerprint density at radius 1 is 1.38 bits per heavy atom. The normalized spacial score (nSPS) is 14.5. The van der Waals surface area contributed by atoms with Crippen LogP contribution in [0, 0.1) is 5.92 Å². The molecule has 1 N–H and O–H groups in total. The fourth-order valence-electron chi connectivity index (χ4n) is 1.57. The summed E-state index contributed by atoms with van der Waals surface area (Å²) in [6.07, 6.45) is 5.00. The first-order valence-corrected chi connectivity index (χ1v) is 6.99. The third kappa shape index (κ3) is 7.23. The van der Waals surface area contributed by atoms with Crippen LogP contribution in [0.3, 0.4) is 0 Å². The third-order valence-electron chi connectivity index (χ3n) is 2.76. The lowest BCUT2D eigenvalue weighted by Crippen LogP contribution is -2.32. The third-order valence-corrected chi connectivity index (χ3v) is 3.45. The lowest BCUT2D eigenvalue weighted by molar-refractivity contribution is -0.139. The number of rotatable bonds is 9. The Kier molecular flexibility index (Phi) is 10.0. The molecule has 0 amide bonds. The van der Waals surface area contributed by atoms with Gasteiger partial charge >= 0.3 is 5.97 Å². The number of methoxy groups -OCH3 is 1. The number of hydrogen-bond acceptors (Lipinski definition) is 3. The number of carbonyl (C=O) groups excluding carboxylic acids is 1. The zero-order valence-corrected chi connectivity index (χ0v) is 12.2. The summed E-state index contributed by atoms with van der Waals surface area (Å²) in [5.41, 5.74) is 0. The average Bonchev–Trinajstić information content (AvgIpc) is 2.32. The number of unbranched alkanes of at least 4 members (excludes halogenated alkanes) is 1. The Hall–Kier alpha value is -0.0900. The molecule has 0 radical (unpaired) electrons. The zero-order chi connectivity index (χ0) is 12.4. The summed E-state index contributed by atoms with van der Waals surface area (Å²) in [5.74, 6) is 0.506. The number of esters is 1. The summed E-state index contributed by atoms with van der Waals surface area (Å²) < 4.78 is 4.63. The summed E-state index contributed by atoms with van der Waals surface area (Å²) >= 11 is 3.29. The highest BCUT2D eigenvalue weighted by Gasteiger charge is 2.15.